The van der Waals surface area contributed by atoms with Gasteiger partial charge in [-0.05, 0) is 25.5 Å². The molecule has 0 fully saturated rings. The Bertz CT molecular complexity index is 520. The fraction of sp³-hybridized carbons (Fsp3) is 0.308. The minimum absolute atomic E-state index is 0.0331. The molecule has 0 bridgehead atoms. The molecule has 0 N–H and O–H groups in total. The lowest BCUT2D eigenvalue weighted by atomic mass is 10.2. The maximum Gasteiger partial charge on any atom is 0.332 e. The van der Waals surface area contributed by atoms with Crippen LogP contribution in [0.5, 0.6) is 0 Å². The predicted molar refractivity (Wildman–Crippen MR) is 65.1 cm³/mol. The summed E-state index contributed by atoms with van der Waals surface area (Å²) in [4.78, 5) is 12.0. The molecule has 0 aliphatic rings. The summed E-state index contributed by atoms with van der Waals surface area (Å²) < 4.78 is 3.41. The number of nitrogens with zero attached hydrogens (tertiary/aromatic N) is 2. The molecule has 0 unspecified atom stereocenters. The van der Waals surface area contributed by atoms with Crippen molar-refractivity contribution in [3.8, 4) is 5.69 Å². The Morgan fingerprint density at radius 3 is 2.44 bits per heavy atom. The van der Waals surface area contributed by atoms with Crippen molar-refractivity contribution in [1.29, 1.82) is 0 Å². The van der Waals surface area contributed by atoms with Crippen molar-refractivity contribution in [2.75, 3.05) is 0 Å². The predicted octanol–water partition coefficient (Wildman–Crippen LogP) is 2.36. The van der Waals surface area contributed by atoms with Crippen molar-refractivity contribution in [1.82, 2.24) is 9.13 Å². The Morgan fingerprint density at radius 2 is 1.81 bits per heavy atom. The van der Waals surface area contributed by atoms with E-state index in [4.69, 9.17) is 0 Å². The van der Waals surface area contributed by atoms with E-state index in [1.807, 2.05) is 43.6 Å². The van der Waals surface area contributed by atoms with Crippen molar-refractivity contribution in [3.63, 3.8) is 0 Å². The van der Waals surface area contributed by atoms with E-state index >= 15 is 0 Å². The Hall–Kier alpha value is -1.77. The van der Waals surface area contributed by atoms with E-state index in [9.17, 15) is 4.79 Å². The second kappa shape index (κ2) is 4.39. The fourth-order valence-corrected chi connectivity index (χ4v) is 1.73. The lowest BCUT2D eigenvalue weighted by Gasteiger charge is -2.01. The summed E-state index contributed by atoms with van der Waals surface area (Å²) >= 11 is 0. The maximum absolute atomic E-state index is 12.0. The van der Waals surface area contributed by atoms with Crippen LogP contribution in [-0.4, -0.2) is 9.13 Å². The summed E-state index contributed by atoms with van der Waals surface area (Å²) in [6.45, 7) is 4.88. The van der Waals surface area contributed by atoms with E-state index in [-0.39, 0.29) is 5.69 Å². The van der Waals surface area contributed by atoms with E-state index < -0.39 is 0 Å². The van der Waals surface area contributed by atoms with E-state index in [1.165, 1.54) is 5.56 Å². The molecular formula is C13H16N2O. The highest BCUT2D eigenvalue weighted by Crippen LogP contribution is 2.06. The Morgan fingerprint density at radius 1 is 1.12 bits per heavy atom. The molecule has 0 saturated heterocycles. The minimum atomic E-state index is 0.0331. The molecule has 1 aromatic heterocycles. The zero-order valence-corrected chi connectivity index (χ0v) is 9.68. The standard InChI is InChI=1S/C13H16N2O/c1-3-8-14-9-10-15(13(14)16)12-6-4-11(2)5-7-12/h4-7,9-10H,3,8H2,1-2H3. The van der Waals surface area contributed by atoms with Crippen LogP contribution in [0.25, 0.3) is 5.69 Å². The Labute approximate surface area is 95.0 Å². The molecule has 84 valence electrons. The van der Waals surface area contributed by atoms with Crippen LogP contribution in [0, 0.1) is 6.92 Å². The van der Waals surface area contributed by atoms with Gasteiger partial charge in [-0.25, -0.2) is 4.79 Å². The van der Waals surface area contributed by atoms with E-state index in [1.54, 1.807) is 9.13 Å². The molecule has 3 nitrogen and oxygen atoms in total. The SMILES string of the molecule is CCCn1ccn(-c2ccc(C)cc2)c1=O. The molecular weight excluding hydrogens is 200 g/mol. The van der Waals surface area contributed by atoms with Crippen molar-refractivity contribution in [2.24, 2.45) is 0 Å². The number of aromatic nitrogens is 2. The molecule has 2 rings (SSSR count). The zero-order valence-electron chi connectivity index (χ0n) is 9.68. The van der Waals surface area contributed by atoms with Gasteiger partial charge in [0.15, 0.2) is 0 Å². The molecule has 0 saturated carbocycles. The van der Waals surface area contributed by atoms with Gasteiger partial charge in [-0.15, -0.1) is 0 Å². The Kier molecular flexibility index (Phi) is 2.95. The van der Waals surface area contributed by atoms with Gasteiger partial charge in [-0.2, -0.15) is 0 Å². The minimum Gasteiger partial charge on any atom is -0.299 e. The summed E-state index contributed by atoms with van der Waals surface area (Å²) in [5.41, 5.74) is 2.15. The van der Waals surface area contributed by atoms with E-state index in [0.717, 1.165) is 18.7 Å². The zero-order chi connectivity index (χ0) is 11.5. The molecule has 0 aliphatic carbocycles. The van der Waals surface area contributed by atoms with Crippen molar-refractivity contribution in [3.05, 3.63) is 52.7 Å². The molecule has 1 heterocycles. The van der Waals surface area contributed by atoms with Gasteiger partial charge in [-0.3, -0.25) is 9.13 Å². The largest absolute Gasteiger partial charge is 0.332 e. The van der Waals surface area contributed by atoms with Crippen LogP contribution >= 0.6 is 0 Å². The highest BCUT2D eigenvalue weighted by atomic mass is 16.1. The van der Waals surface area contributed by atoms with Crippen LogP contribution < -0.4 is 5.69 Å². The maximum atomic E-state index is 12.0. The highest BCUT2D eigenvalue weighted by molar-refractivity contribution is 5.34. The van der Waals surface area contributed by atoms with Gasteiger partial charge in [0, 0.05) is 18.9 Å². The molecule has 1 aromatic carbocycles. The van der Waals surface area contributed by atoms with Crippen LogP contribution in [0.2, 0.25) is 0 Å². The lowest BCUT2D eigenvalue weighted by molar-refractivity contribution is 0.647. The van der Waals surface area contributed by atoms with Gasteiger partial charge in [0.25, 0.3) is 0 Å². The first-order chi connectivity index (χ1) is 7.72. The van der Waals surface area contributed by atoms with Gasteiger partial charge in [-0.1, -0.05) is 24.6 Å². The number of hydrogen-bond donors (Lipinski definition) is 0. The van der Waals surface area contributed by atoms with Gasteiger partial charge in [0.2, 0.25) is 0 Å². The van der Waals surface area contributed by atoms with Crippen LogP contribution in [-0.2, 0) is 6.54 Å². The molecule has 0 spiro atoms. The average Bonchev–Trinajstić information content (AvgIpc) is 2.63. The van der Waals surface area contributed by atoms with E-state index in [2.05, 4.69) is 6.92 Å². The van der Waals surface area contributed by atoms with E-state index in [0.29, 0.717) is 0 Å². The number of benzene rings is 1. The smallest absolute Gasteiger partial charge is 0.299 e. The van der Waals surface area contributed by atoms with Gasteiger partial charge in [0.1, 0.15) is 0 Å². The monoisotopic (exact) mass is 216 g/mol. The average molecular weight is 216 g/mol. The number of imidazole rings is 1. The van der Waals surface area contributed by atoms with Crippen LogP contribution in [0.15, 0.2) is 41.5 Å². The van der Waals surface area contributed by atoms with Crippen LogP contribution in [0.1, 0.15) is 18.9 Å². The quantitative estimate of drug-likeness (QED) is 0.773. The first-order valence-corrected chi connectivity index (χ1v) is 5.57. The second-order valence-corrected chi connectivity index (χ2v) is 3.98. The van der Waals surface area contributed by atoms with Gasteiger partial charge < -0.3 is 0 Å². The summed E-state index contributed by atoms with van der Waals surface area (Å²) in [5, 5.41) is 0. The summed E-state index contributed by atoms with van der Waals surface area (Å²) in [7, 11) is 0. The normalized spacial score (nSPS) is 10.6. The molecule has 0 atom stereocenters. The first-order valence-electron chi connectivity index (χ1n) is 5.57. The molecule has 0 aliphatic heterocycles. The molecule has 0 radical (unpaired) electrons. The van der Waals surface area contributed by atoms with Crippen molar-refractivity contribution >= 4 is 0 Å². The third-order valence-corrected chi connectivity index (χ3v) is 2.62. The van der Waals surface area contributed by atoms with Gasteiger partial charge >= 0.3 is 5.69 Å². The summed E-state index contributed by atoms with van der Waals surface area (Å²) in [6.07, 6.45) is 4.63. The summed E-state index contributed by atoms with van der Waals surface area (Å²) in [5.74, 6) is 0. The van der Waals surface area contributed by atoms with Crippen LogP contribution in [0.3, 0.4) is 0 Å². The fourth-order valence-electron chi connectivity index (χ4n) is 1.73. The first kappa shape index (κ1) is 10.7. The van der Waals surface area contributed by atoms with Crippen LogP contribution in [0.4, 0.5) is 0 Å². The number of hydrogen-bond acceptors (Lipinski definition) is 1. The number of aryl methyl sites for hydroxylation is 2. The third-order valence-electron chi connectivity index (χ3n) is 2.62. The lowest BCUT2D eigenvalue weighted by Crippen LogP contribution is -2.22. The second-order valence-electron chi connectivity index (χ2n) is 3.98. The van der Waals surface area contributed by atoms with Crippen molar-refractivity contribution in [2.45, 2.75) is 26.8 Å². The number of rotatable bonds is 3. The topological polar surface area (TPSA) is 26.9 Å². The van der Waals surface area contributed by atoms with Gasteiger partial charge in [0.05, 0.1) is 5.69 Å². The molecule has 16 heavy (non-hydrogen) atoms. The highest BCUT2D eigenvalue weighted by Gasteiger charge is 2.03. The molecule has 3 heteroatoms. The third kappa shape index (κ3) is 1.94. The Balaban J connectivity index is 2.41. The molecule has 0 amide bonds. The molecule has 2 aromatic rings. The van der Waals surface area contributed by atoms with Crippen molar-refractivity contribution < 1.29 is 0 Å². The summed E-state index contributed by atoms with van der Waals surface area (Å²) in [6, 6.07) is 7.96.